The Labute approximate surface area is 115 Å². The number of para-hydroxylation sites is 1. The van der Waals surface area contributed by atoms with Crippen molar-refractivity contribution in [2.75, 3.05) is 5.32 Å². The predicted molar refractivity (Wildman–Crippen MR) is 77.8 cm³/mol. The standard InChI is InChI=1S/C16H23NO2/c1-11-7-4-3-5-10-14(11)17-15-12(2)8-6-9-13(15)16(18)19/h6,8-9,11,14,17H,3-5,7,10H2,1-2H3,(H,18,19). The summed E-state index contributed by atoms with van der Waals surface area (Å²) in [5.74, 6) is -0.253. The van der Waals surface area contributed by atoms with E-state index in [0.29, 0.717) is 17.5 Å². The fourth-order valence-electron chi connectivity index (χ4n) is 2.93. The van der Waals surface area contributed by atoms with Crippen LogP contribution in [-0.2, 0) is 0 Å². The van der Waals surface area contributed by atoms with Gasteiger partial charge in [-0.2, -0.15) is 0 Å². The van der Waals surface area contributed by atoms with Crippen molar-refractivity contribution in [1.29, 1.82) is 0 Å². The molecule has 0 aliphatic heterocycles. The average Bonchev–Trinajstić information content (AvgIpc) is 2.57. The monoisotopic (exact) mass is 261 g/mol. The van der Waals surface area contributed by atoms with Crippen LogP contribution in [0.3, 0.4) is 0 Å². The topological polar surface area (TPSA) is 49.3 Å². The summed E-state index contributed by atoms with van der Waals surface area (Å²) >= 11 is 0. The molecule has 104 valence electrons. The third-order valence-corrected chi connectivity index (χ3v) is 4.19. The van der Waals surface area contributed by atoms with Gasteiger partial charge in [0.05, 0.1) is 11.3 Å². The molecule has 2 atom stereocenters. The zero-order valence-corrected chi connectivity index (χ0v) is 11.8. The molecule has 2 N–H and O–H groups in total. The Kier molecular flexibility index (Phi) is 4.46. The largest absolute Gasteiger partial charge is 0.478 e. The van der Waals surface area contributed by atoms with Crippen molar-refractivity contribution in [3.8, 4) is 0 Å². The number of anilines is 1. The zero-order chi connectivity index (χ0) is 13.8. The number of carboxylic acid groups (broad SMARTS) is 1. The van der Waals surface area contributed by atoms with Crippen LogP contribution in [0.5, 0.6) is 0 Å². The van der Waals surface area contributed by atoms with E-state index >= 15 is 0 Å². The first-order valence-corrected chi connectivity index (χ1v) is 7.19. The molecule has 3 heteroatoms. The summed E-state index contributed by atoms with van der Waals surface area (Å²) in [4.78, 5) is 11.3. The van der Waals surface area contributed by atoms with Crippen LogP contribution in [0, 0.1) is 12.8 Å². The maximum atomic E-state index is 11.3. The summed E-state index contributed by atoms with van der Waals surface area (Å²) < 4.78 is 0. The van der Waals surface area contributed by atoms with Crippen LogP contribution in [0.25, 0.3) is 0 Å². The molecule has 1 aromatic rings. The van der Waals surface area contributed by atoms with E-state index in [2.05, 4.69) is 12.2 Å². The van der Waals surface area contributed by atoms with E-state index in [9.17, 15) is 9.90 Å². The van der Waals surface area contributed by atoms with Gasteiger partial charge in [0.25, 0.3) is 0 Å². The Bertz CT molecular complexity index is 456. The summed E-state index contributed by atoms with van der Waals surface area (Å²) in [6, 6.07) is 5.84. The van der Waals surface area contributed by atoms with Crippen LogP contribution in [0.2, 0.25) is 0 Å². The van der Waals surface area contributed by atoms with Gasteiger partial charge in [-0.15, -0.1) is 0 Å². The predicted octanol–water partition coefficient (Wildman–Crippen LogP) is 4.07. The number of benzene rings is 1. The van der Waals surface area contributed by atoms with Crippen molar-refractivity contribution >= 4 is 11.7 Å². The normalized spacial score (nSPS) is 23.7. The van der Waals surface area contributed by atoms with Gasteiger partial charge in [-0.1, -0.05) is 38.3 Å². The Morgan fingerprint density at radius 2 is 2.00 bits per heavy atom. The number of hydrogen-bond acceptors (Lipinski definition) is 2. The average molecular weight is 261 g/mol. The number of carboxylic acids is 1. The van der Waals surface area contributed by atoms with Gasteiger partial charge in [0.2, 0.25) is 0 Å². The van der Waals surface area contributed by atoms with E-state index in [4.69, 9.17) is 0 Å². The van der Waals surface area contributed by atoms with Crippen LogP contribution >= 0.6 is 0 Å². The van der Waals surface area contributed by atoms with Crippen molar-refractivity contribution < 1.29 is 9.90 Å². The van der Waals surface area contributed by atoms with Gasteiger partial charge >= 0.3 is 5.97 Å². The maximum absolute atomic E-state index is 11.3. The second-order valence-electron chi connectivity index (χ2n) is 5.67. The minimum atomic E-state index is -0.854. The third-order valence-electron chi connectivity index (χ3n) is 4.19. The Balaban J connectivity index is 2.24. The van der Waals surface area contributed by atoms with E-state index in [0.717, 1.165) is 17.7 Å². The van der Waals surface area contributed by atoms with Crippen molar-refractivity contribution in [1.82, 2.24) is 0 Å². The van der Waals surface area contributed by atoms with Crippen LogP contribution in [0.1, 0.15) is 54.9 Å². The number of aryl methyl sites for hydroxylation is 1. The van der Waals surface area contributed by atoms with E-state index < -0.39 is 5.97 Å². The van der Waals surface area contributed by atoms with E-state index in [1.807, 2.05) is 13.0 Å². The van der Waals surface area contributed by atoms with Crippen LogP contribution in [-0.4, -0.2) is 17.1 Å². The molecule has 0 aromatic heterocycles. The highest BCUT2D eigenvalue weighted by molar-refractivity contribution is 5.95. The molecule has 1 aromatic carbocycles. The molecule has 3 nitrogen and oxygen atoms in total. The number of nitrogens with one attached hydrogen (secondary N) is 1. The van der Waals surface area contributed by atoms with Crippen LogP contribution < -0.4 is 5.32 Å². The highest BCUT2D eigenvalue weighted by atomic mass is 16.4. The molecular formula is C16H23NO2. The zero-order valence-electron chi connectivity index (χ0n) is 11.8. The van der Waals surface area contributed by atoms with E-state index in [1.54, 1.807) is 12.1 Å². The second kappa shape index (κ2) is 6.09. The molecule has 1 aliphatic rings. The summed E-state index contributed by atoms with van der Waals surface area (Å²) in [5.41, 5.74) is 2.20. The molecule has 0 saturated heterocycles. The highest BCUT2D eigenvalue weighted by Crippen LogP contribution is 2.29. The minimum Gasteiger partial charge on any atom is -0.478 e. The van der Waals surface area contributed by atoms with Crippen molar-refractivity contribution in [2.45, 2.75) is 52.0 Å². The fourth-order valence-corrected chi connectivity index (χ4v) is 2.93. The summed E-state index contributed by atoms with van der Waals surface area (Å²) in [7, 11) is 0. The summed E-state index contributed by atoms with van der Waals surface area (Å²) in [6.07, 6.45) is 6.18. The lowest BCUT2D eigenvalue weighted by Gasteiger charge is -2.26. The fraction of sp³-hybridized carbons (Fsp3) is 0.562. The maximum Gasteiger partial charge on any atom is 0.337 e. The van der Waals surface area contributed by atoms with Gasteiger partial charge in [-0.05, 0) is 37.3 Å². The van der Waals surface area contributed by atoms with Gasteiger partial charge in [0.1, 0.15) is 0 Å². The smallest absolute Gasteiger partial charge is 0.337 e. The number of carbonyl (C=O) groups is 1. The molecule has 1 saturated carbocycles. The van der Waals surface area contributed by atoms with E-state index in [1.165, 1.54) is 25.7 Å². The van der Waals surface area contributed by atoms with Gasteiger partial charge < -0.3 is 10.4 Å². The SMILES string of the molecule is Cc1cccc(C(=O)O)c1NC1CCCCCC1C. The highest BCUT2D eigenvalue weighted by Gasteiger charge is 2.22. The van der Waals surface area contributed by atoms with Gasteiger partial charge in [-0.25, -0.2) is 4.79 Å². The lowest BCUT2D eigenvalue weighted by Crippen LogP contribution is -2.27. The van der Waals surface area contributed by atoms with Gasteiger partial charge in [0.15, 0.2) is 0 Å². The molecule has 0 amide bonds. The molecule has 2 unspecified atom stereocenters. The van der Waals surface area contributed by atoms with Crippen LogP contribution in [0.4, 0.5) is 5.69 Å². The van der Waals surface area contributed by atoms with Crippen molar-refractivity contribution in [3.05, 3.63) is 29.3 Å². The van der Waals surface area contributed by atoms with Gasteiger partial charge in [0, 0.05) is 6.04 Å². The first-order valence-electron chi connectivity index (χ1n) is 7.19. The first kappa shape index (κ1) is 13.9. The van der Waals surface area contributed by atoms with Crippen LogP contribution in [0.15, 0.2) is 18.2 Å². The molecular weight excluding hydrogens is 238 g/mol. The first-order chi connectivity index (χ1) is 9.09. The second-order valence-corrected chi connectivity index (χ2v) is 5.67. The molecule has 0 bridgehead atoms. The van der Waals surface area contributed by atoms with Gasteiger partial charge in [-0.3, -0.25) is 0 Å². The summed E-state index contributed by atoms with van der Waals surface area (Å²) in [6.45, 7) is 4.23. The van der Waals surface area contributed by atoms with Crippen molar-refractivity contribution in [2.24, 2.45) is 5.92 Å². The molecule has 2 rings (SSSR count). The molecule has 1 aliphatic carbocycles. The molecule has 0 radical (unpaired) electrons. The lowest BCUT2D eigenvalue weighted by molar-refractivity contribution is 0.0697. The third kappa shape index (κ3) is 3.28. The quantitative estimate of drug-likeness (QED) is 0.806. The molecule has 19 heavy (non-hydrogen) atoms. The summed E-state index contributed by atoms with van der Waals surface area (Å²) in [5, 5.41) is 12.8. The molecule has 0 spiro atoms. The minimum absolute atomic E-state index is 0.386. The van der Waals surface area contributed by atoms with E-state index in [-0.39, 0.29) is 0 Å². The Morgan fingerprint density at radius 3 is 2.74 bits per heavy atom. The number of hydrogen-bond donors (Lipinski definition) is 2. The number of aromatic carboxylic acids is 1. The van der Waals surface area contributed by atoms with Crippen molar-refractivity contribution in [3.63, 3.8) is 0 Å². The Morgan fingerprint density at radius 1 is 1.26 bits per heavy atom. The number of rotatable bonds is 3. The lowest BCUT2D eigenvalue weighted by atomic mass is 9.95. The molecule has 1 fully saturated rings. The Hall–Kier alpha value is -1.51. The molecule has 0 heterocycles.